The molecular weight excluding hydrogens is 348 g/mol. The minimum Gasteiger partial charge on any atom is -0.207 e. The molecule has 0 amide bonds. The Labute approximate surface area is 129 Å². The van der Waals surface area contributed by atoms with Gasteiger partial charge in [-0.1, -0.05) is 19.9 Å². The lowest BCUT2D eigenvalue weighted by atomic mass is 9.97. The van der Waals surface area contributed by atoms with Crippen LogP contribution in [0.4, 0.5) is 26.3 Å². The van der Waals surface area contributed by atoms with Gasteiger partial charge in [-0.2, -0.15) is 17.9 Å². The first kappa shape index (κ1) is 19.8. The highest BCUT2D eigenvalue weighted by molar-refractivity contribution is 7.89. The van der Waals surface area contributed by atoms with Gasteiger partial charge in [0.2, 0.25) is 10.0 Å². The summed E-state index contributed by atoms with van der Waals surface area (Å²) in [6.07, 6.45) is -8.20. The van der Waals surface area contributed by atoms with E-state index in [-0.39, 0.29) is 5.56 Å². The Hall–Kier alpha value is -1.29. The normalized spacial score (nSPS) is 14.6. The zero-order valence-electron chi connectivity index (χ0n) is 12.4. The van der Waals surface area contributed by atoms with Gasteiger partial charge in [0.1, 0.15) is 10.9 Å². The van der Waals surface area contributed by atoms with E-state index < -0.39 is 50.9 Å². The molecule has 0 aliphatic rings. The fourth-order valence-corrected chi connectivity index (χ4v) is 3.20. The third-order valence-electron chi connectivity index (χ3n) is 3.13. The van der Waals surface area contributed by atoms with Crippen LogP contribution in [0, 0.1) is 5.82 Å². The van der Waals surface area contributed by atoms with Gasteiger partial charge in [-0.25, -0.2) is 21.6 Å². The molecule has 132 valence electrons. The average Bonchev–Trinajstić information content (AvgIpc) is 2.35. The molecule has 1 atom stereocenters. The van der Waals surface area contributed by atoms with Crippen molar-refractivity contribution in [2.75, 3.05) is 0 Å². The molecule has 1 aromatic carbocycles. The molecule has 0 unspecified atom stereocenters. The molecule has 0 aliphatic heterocycles. The van der Waals surface area contributed by atoms with Crippen LogP contribution in [-0.2, 0) is 10.0 Å². The van der Waals surface area contributed by atoms with E-state index >= 15 is 0 Å². The second-order valence-electron chi connectivity index (χ2n) is 5.22. The number of alkyl halides is 5. The molecular formula is C13H15F6NO2S. The molecule has 0 aromatic heterocycles. The number of rotatable bonds is 5. The average molecular weight is 363 g/mol. The highest BCUT2D eigenvalue weighted by Crippen LogP contribution is 2.34. The standard InChI is InChI=1S/C13H15F6NO2S/c1-6(2)8-4-5-9(11(14)10(8)12(15)16)23(21,22)20-7(3)13(17,18)19/h4-7,12,20H,1-3H3/t7-/m0/s1. The predicted octanol–water partition coefficient (Wildman–Crippen LogP) is 4.12. The summed E-state index contributed by atoms with van der Waals surface area (Å²) in [5.41, 5.74) is -1.23. The minimum atomic E-state index is -4.95. The molecule has 23 heavy (non-hydrogen) atoms. The number of benzene rings is 1. The Bertz CT molecular complexity index is 670. The fourth-order valence-electron chi connectivity index (χ4n) is 1.88. The molecule has 0 saturated heterocycles. The zero-order valence-corrected chi connectivity index (χ0v) is 13.2. The summed E-state index contributed by atoms with van der Waals surface area (Å²) in [6, 6.07) is -0.837. The molecule has 0 spiro atoms. The van der Waals surface area contributed by atoms with Gasteiger partial charge in [0.25, 0.3) is 6.43 Å². The maximum atomic E-state index is 14.2. The number of sulfonamides is 1. The quantitative estimate of drug-likeness (QED) is 0.800. The van der Waals surface area contributed by atoms with Crippen molar-refractivity contribution < 1.29 is 34.8 Å². The van der Waals surface area contributed by atoms with Crippen molar-refractivity contribution >= 4 is 10.0 Å². The summed E-state index contributed by atoms with van der Waals surface area (Å²) in [4.78, 5) is -1.24. The summed E-state index contributed by atoms with van der Waals surface area (Å²) >= 11 is 0. The van der Waals surface area contributed by atoms with Crippen molar-refractivity contribution in [1.29, 1.82) is 0 Å². The predicted molar refractivity (Wildman–Crippen MR) is 71.3 cm³/mol. The van der Waals surface area contributed by atoms with Crippen LogP contribution in [0.1, 0.15) is 44.2 Å². The topological polar surface area (TPSA) is 46.2 Å². The van der Waals surface area contributed by atoms with Crippen LogP contribution in [0.2, 0.25) is 0 Å². The van der Waals surface area contributed by atoms with Crippen LogP contribution < -0.4 is 4.72 Å². The number of halogens is 6. The van der Waals surface area contributed by atoms with E-state index in [1.165, 1.54) is 18.6 Å². The summed E-state index contributed by atoms with van der Waals surface area (Å²) in [6.45, 7) is 3.52. The van der Waals surface area contributed by atoms with Gasteiger partial charge in [0, 0.05) is 0 Å². The van der Waals surface area contributed by atoms with E-state index in [9.17, 15) is 34.8 Å². The van der Waals surface area contributed by atoms with Crippen LogP contribution in [0.3, 0.4) is 0 Å². The first-order valence-electron chi connectivity index (χ1n) is 6.48. The van der Waals surface area contributed by atoms with Gasteiger partial charge in [-0.15, -0.1) is 0 Å². The summed E-state index contributed by atoms with van der Waals surface area (Å²) in [5.74, 6) is -2.26. The van der Waals surface area contributed by atoms with Crippen molar-refractivity contribution in [3.05, 3.63) is 29.1 Å². The molecule has 0 saturated carbocycles. The first-order chi connectivity index (χ1) is 10.3. The number of nitrogens with one attached hydrogen (secondary N) is 1. The highest BCUT2D eigenvalue weighted by atomic mass is 32.2. The molecule has 1 aromatic rings. The van der Waals surface area contributed by atoms with Crippen molar-refractivity contribution in [3.8, 4) is 0 Å². The fraction of sp³-hybridized carbons (Fsp3) is 0.538. The second-order valence-corrected chi connectivity index (χ2v) is 6.90. The monoisotopic (exact) mass is 363 g/mol. The molecule has 0 aliphatic carbocycles. The summed E-state index contributed by atoms with van der Waals surface area (Å²) in [5, 5.41) is 0. The van der Waals surface area contributed by atoms with E-state index in [4.69, 9.17) is 0 Å². The molecule has 0 radical (unpaired) electrons. The van der Waals surface area contributed by atoms with Gasteiger partial charge >= 0.3 is 6.18 Å². The maximum absolute atomic E-state index is 14.2. The van der Waals surface area contributed by atoms with E-state index in [2.05, 4.69) is 0 Å². The lowest BCUT2D eigenvalue weighted by Gasteiger charge is -2.19. The van der Waals surface area contributed by atoms with Gasteiger partial charge in [-0.3, -0.25) is 0 Å². The lowest BCUT2D eigenvalue weighted by molar-refractivity contribution is -0.147. The third-order valence-corrected chi connectivity index (χ3v) is 4.69. The van der Waals surface area contributed by atoms with Crippen LogP contribution in [-0.4, -0.2) is 20.6 Å². The van der Waals surface area contributed by atoms with E-state index in [1.54, 1.807) is 0 Å². The lowest BCUT2D eigenvalue weighted by Crippen LogP contribution is -2.43. The number of hydrogen-bond donors (Lipinski definition) is 1. The van der Waals surface area contributed by atoms with Gasteiger partial charge in [-0.05, 0) is 24.5 Å². The Morgan fingerprint density at radius 2 is 1.61 bits per heavy atom. The molecule has 0 fully saturated rings. The molecule has 0 heterocycles. The first-order valence-corrected chi connectivity index (χ1v) is 7.96. The van der Waals surface area contributed by atoms with Gasteiger partial charge in [0.15, 0.2) is 5.82 Å². The molecule has 0 bridgehead atoms. The highest BCUT2D eigenvalue weighted by Gasteiger charge is 2.40. The molecule has 3 nitrogen and oxygen atoms in total. The maximum Gasteiger partial charge on any atom is 0.404 e. The van der Waals surface area contributed by atoms with Gasteiger partial charge in [0.05, 0.1) is 5.56 Å². The molecule has 1 N–H and O–H groups in total. The molecule has 10 heteroatoms. The second kappa shape index (κ2) is 6.68. The smallest absolute Gasteiger partial charge is 0.207 e. The largest absolute Gasteiger partial charge is 0.404 e. The Morgan fingerprint density at radius 3 is 2.00 bits per heavy atom. The van der Waals surface area contributed by atoms with Crippen molar-refractivity contribution in [2.24, 2.45) is 0 Å². The van der Waals surface area contributed by atoms with E-state index in [1.807, 2.05) is 0 Å². The zero-order chi connectivity index (χ0) is 18.2. The minimum absolute atomic E-state index is 0.111. The molecule has 1 rings (SSSR count). The Kier molecular flexibility index (Phi) is 5.74. The summed E-state index contributed by atoms with van der Waals surface area (Å²) < 4.78 is 103. The van der Waals surface area contributed by atoms with Crippen LogP contribution in [0.5, 0.6) is 0 Å². The van der Waals surface area contributed by atoms with Crippen LogP contribution >= 0.6 is 0 Å². The van der Waals surface area contributed by atoms with Crippen LogP contribution in [0.15, 0.2) is 17.0 Å². The summed E-state index contributed by atoms with van der Waals surface area (Å²) in [7, 11) is -4.95. The van der Waals surface area contributed by atoms with E-state index in [0.29, 0.717) is 13.0 Å². The number of hydrogen-bond acceptors (Lipinski definition) is 2. The van der Waals surface area contributed by atoms with E-state index in [0.717, 1.165) is 6.07 Å². The SMILES string of the molecule is CC(C)c1ccc(S(=O)(=O)N[C@@H](C)C(F)(F)F)c(F)c1C(F)F. The Morgan fingerprint density at radius 1 is 1.09 bits per heavy atom. The van der Waals surface area contributed by atoms with Gasteiger partial charge < -0.3 is 0 Å². The van der Waals surface area contributed by atoms with Crippen molar-refractivity contribution in [1.82, 2.24) is 4.72 Å². The third kappa shape index (κ3) is 4.37. The Balaban J connectivity index is 3.41. The van der Waals surface area contributed by atoms with Crippen LogP contribution in [0.25, 0.3) is 0 Å². The van der Waals surface area contributed by atoms with Crippen molar-refractivity contribution in [3.63, 3.8) is 0 Å². The van der Waals surface area contributed by atoms with Crippen molar-refractivity contribution in [2.45, 2.75) is 50.2 Å².